The number of aromatic amines is 1. The molecule has 0 aliphatic carbocycles. The lowest BCUT2D eigenvalue weighted by Gasteiger charge is -2.19. The van der Waals surface area contributed by atoms with Crippen molar-refractivity contribution in [1.29, 1.82) is 0 Å². The van der Waals surface area contributed by atoms with Crippen LogP contribution in [-0.4, -0.2) is 31.3 Å². The lowest BCUT2D eigenvalue weighted by molar-refractivity contribution is 0.366. The molecule has 0 atom stereocenters. The van der Waals surface area contributed by atoms with Gasteiger partial charge >= 0.3 is 0 Å². The predicted octanol–water partition coefficient (Wildman–Crippen LogP) is 2.23. The lowest BCUT2D eigenvalue weighted by atomic mass is 10.1. The van der Waals surface area contributed by atoms with E-state index < -0.39 is 0 Å². The molecule has 3 rings (SSSR count). The van der Waals surface area contributed by atoms with Crippen LogP contribution in [0.4, 0.5) is 5.95 Å². The molecule has 3 aromatic rings. The molecule has 0 fully saturated rings. The van der Waals surface area contributed by atoms with E-state index >= 15 is 0 Å². The average molecular weight is 326 g/mol. The highest BCUT2D eigenvalue weighted by molar-refractivity contribution is 5.74. The van der Waals surface area contributed by atoms with Gasteiger partial charge in [0.15, 0.2) is 5.65 Å². The minimum absolute atomic E-state index is 0.185. The Balaban J connectivity index is 1.79. The molecule has 126 valence electrons. The third-order valence-electron chi connectivity index (χ3n) is 3.75. The van der Waals surface area contributed by atoms with E-state index in [0.717, 1.165) is 17.7 Å². The second kappa shape index (κ2) is 6.07. The molecule has 0 bridgehead atoms. The number of hydrogen-bond acceptors (Lipinski definition) is 5. The first-order valence-corrected chi connectivity index (χ1v) is 7.98. The third kappa shape index (κ3) is 3.29. The van der Waals surface area contributed by atoms with Gasteiger partial charge < -0.3 is 5.32 Å². The van der Waals surface area contributed by atoms with Crippen molar-refractivity contribution < 1.29 is 0 Å². The maximum absolute atomic E-state index is 12.2. The zero-order valence-corrected chi connectivity index (χ0v) is 14.4. The molecule has 7 heteroatoms. The second-order valence-electron chi connectivity index (χ2n) is 6.86. The first kappa shape index (κ1) is 16.2. The molecule has 0 saturated heterocycles. The number of hydrogen-bond donors (Lipinski definition) is 2. The number of pyridine rings is 1. The molecule has 0 aliphatic rings. The van der Waals surface area contributed by atoms with Crippen molar-refractivity contribution in [3.8, 4) is 0 Å². The van der Waals surface area contributed by atoms with Crippen LogP contribution in [0.15, 0.2) is 29.3 Å². The van der Waals surface area contributed by atoms with Gasteiger partial charge in [0, 0.05) is 18.4 Å². The number of rotatable bonds is 4. The summed E-state index contributed by atoms with van der Waals surface area (Å²) < 4.78 is 1.77. The van der Waals surface area contributed by atoms with Crippen LogP contribution in [0.5, 0.6) is 0 Å². The summed E-state index contributed by atoms with van der Waals surface area (Å²) in [5.74, 6) is 0.457. The van der Waals surface area contributed by atoms with Crippen LogP contribution in [0.25, 0.3) is 11.0 Å². The van der Waals surface area contributed by atoms with Crippen molar-refractivity contribution in [2.75, 3.05) is 11.9 Å². The summed E-state index contributed by atoms with van der Waals surface area (Å²) in [6, 6.07) is 4.04. The Hall–Kier alpha value is -2.70. The molecule has 3 heterocycles. The molecule has 0 radical (unpaired) electrons. The Morgan fingerprint density at radius 2 is 2.04 bits per heavy atom. The molecule has 2 N–H and O–H groups in total. The van der Waals surface area contributed by atoms with Gasteiger partial charge in [0.1, 0.15) is 5.39 Å². The predicted molar refractivity (Wildman–Crippen MR) is 94.3 cm³/mol. The van der Waals surface area contributed by atoms with Crippen LogP contribution in [-0.2, 0) is 12.0 Å². The fourth-order valence-electron chi connectivity index (χ4n) is 2.46. The molecule has 0 unspecified atom stereocenters. The molecule has 3 aromatic heterocycles. The first-order chi connectivity index (χ1) is 11.3. The average Bonchev–Trinajstić information content (AvgIpc) is 2.94. The molecule has 7 nitrogen and oxygen atoms in total. The van der Waals surface area contributed by atoms with Gasteiger partial charge in [-0.1, -0.05) is 6.07 Å². The maximum Gasteiger partial charge on any atom is 0.263 e. The summed E-state index contributed by atoms with van der Waals surface area (Å²) in [6.45, 7) is 8.70. The van der Waals surface area contributed by atoms with Gasteiger partial charge in [-0.25, -0.2) is 4.68 Å². The summed E-state index contributed by atoms with van der Waals surface area (Å²) in [6.07, 6.45) is 4.23. The number of aromatic nitrogens is 5. The lowest BCUT2D eigenvalue weighted by Crippen LogP contribution is -2.24. The van der Waals surface area contributed by atoms with Crippen LogP contribution in [0.2, 0.25) is 0 Å². The first-order valence-electron chi connectivity index (χ1n) is 7.98. The second-order valence-corrected chi connectivity index (χ2v) is 6.86. The molecular formula is C17H22N6O. The van der Waals surface area contributed by atoms with Gasteiger partial charge in [-0.15, -0.1) is 0 Å². The van der Waals surface area contributed by atoms with Crippen molar-refractivity contribution in [3.05, 3.63) is 46.1 Å². The van der Waals surface area contributed by atoms with E-state index in [1.807, 2.05) is 40.0 Å². The molecule has 0 aliphatic heterocycles. The summed E-state index contributed by atoms with van der Waals surface area (Å²) in [5.41, 5.74) is 2.29. The highest BCUT2D eigenvalue weighted by Gasteiger charge is 2.19. The number of aryl methyl sites for hydroxylation is 1. The molecule has 0 spiro atoms. The van der Waals surface area contributed by atoms with Crippen LogP contribution in [0, 0.1) is 6.92 Å². The number of fused-ring (bicyclic) bond motifs is 1. The van der Waals surface area contributed by atoms with Gasteiger partial charge in [-0.2, -0.15) is 10.1 Å². The third-order valence-corrected chi connectivity index (χ3v) is 3.75. The Bertz CT molecular complexity index is 901. The Labute approximate surface area is 140 Å². The van der Waals surface area contributed by atoms with Crippen LogP contribution < -0.4 is 10.9 Å². The van der Waals surface area contributed by atoms with E-state index in [1.54, 1.807) is 10.9 Å². The summed E-state index contributed by atoms with van der Waals surface area (Å²) in [7, 11) is 0. The molecule has 0 aromatic carbocycles. The van der Waals surface area contributed by atoms with Gasteiger partial charge in [0.2, 0.25) is 5.95 Å². The van der Waals surface area contributed by atoms with Crippen molar-refractivity contribution >= 4 is 17.0 Å². The maximum atomic E-state index is 12.2. The summed E-state index contributed by atoms with van der Waals surface area (Å²) in [5, 5.41) is 7.97. The number of nitrogens with zero attached hydrogens (tertiary/aromatic N) is 4. The van der Waals surface area contributed by atoms with Gasteiger partial charge in [0.25, 0.3) is 5.56 Å². The zero-order valence-electron chi connectivity index (χ0n) is 14.4. The number of nitrogens with one attached hydrogen (secondary N) is 2. The van der Waals surface area contributed by atoms with Crippen LogP contribution in [0.3, 0.4) is 0 Å². The van der Waals surface area contributed by atoms with Crippen molar-refractivity contribution in [2.45, 2.75) is 39.7 Å². The summed E-state index contributed by atoms with van der Waals surface area (Å²) >= 11 is 0. The van der Waals surface area contributed by atoms with E-state index in [1.165, 1.54) is 0 Å². The van der Waals surface area contributed by atoms with Crippen molar-refractivity contribution in [3.63, 3.8) is 0 Å². The monoisotopic (exact) mass is 326 g/mol. The van der Waals surface area contributed by atoms with Crippen LogP contribution in [0.1, 0.15) is 32.0 Å². The van der Waals surface area contributed by atoms with E-state index in [0.29, 0.717) is 23.5 Å². The fourth-order valence-corrected chi connectivity index (χ4v) is 2.46. The zero-order chi connectivity index (χ0) is 17.3. The minimum atomic E-state index is -0.243. The largest absolute Gasteiger partial charge is 0.355 e. The van der Waals surface area contributed by atoms with E-state index in [4.69, 9.17) is 0 Å². The van der Waals surface area contributed by atoms with Crippen LogP contribution >= 0.6 is 0 Å². The molecular weight excluding hydrogens is 304 g/mol. The van der Waals surface area contributed by atoms with E-state index in [-0.39, 0.29) is 11.1 Å². The van der Waals surface area contributed by atoms with E-state index in [9.17, 15) is 4.79 Å². The minimum Gasteiger partial charge on any atom is -0.355 e. The SMILES string of the molecule is Cc1ccc(CCNc2nc3c(cnn3C(C)(C)C)c(=O)[nH]2)cn1. The Morgan fingerprint density at radius 1 is 1.25 bits per heavy atom. The van der Waals surface area contributed by atoms with Crippen molar-refractivity contribution in [2.24, 2.45) is 0 Å². The van der Waals surface area contributed by atoms with Gasteiger partial charge in [-0.3, -0.25) is 14.8 Å². The molecule has 24 heavy (non-hydrogen) atoms. The Morgan fingerprint density at radius 3 is 2.71 bits per heavy atom. The van der Waals surface area contributed by atoms with Gasteiger partial charge in [-0.05, 0) is 45.7 Å². The molecule has 0 amide bonds. The highest BCUT2D eigenvalue weighted by atomic mass is 16.1. The quantitative estimate of drug-likeness (QED) is 0.767. The summed E-state index contributed by atoms with van der Waals surface area (Å²) in [4.78, 5) is 23.8. The molecule has 0 saturated carbocycles. The Kier molecular flexibility index (Phi) is 4.09. The normalized spacial score (nSPS) is 11.8. The number of H-pyrrole nitrogens is 1. The topological polar surface area (TPSA) is 88.5 Å². The smallest absolute Gasteiger partial charge is 0.263 e. The fraction of sp³-hybridized carbons (Fsp3) is 0.412. The van der Waals surface area contributed by atoms with E-state index in [2.05, 4.69) is 31.4 Å². The van der Waals surface area contributed by atoms with Gasteiger partial charge in [0.05, 0.1) is 11.7 Å². The standard InChI is InChI=1S/C17H22N6O/c1-11-5-6-12(9-19-11)7-8-18-16-21-14-13(15(24)22-16)10-20-23(14)17(2,3)4/h5-6,9-10H,7-8H2,1-4H3,(H2,18,21,22,24). The number of anilines is 1. The van der Waals surface area contributed by atoms with Crippen molar-refractivity contribution in [1.82, 2.24) is 24.7 Å². The highest BCUT2D eigenvalue weighted by Crippen LogP contribution is 2.18.